The molecule has 3 rings (SSSR count). The average Bonchev–Trinajstić information content (AvgIpc) is 3.05. The summed E-state index contributed by atoms with van der Waals surface area (Å²) in [4.78, 5) is 18.9. The molecular formula is C20H24N2O2. The Balaban J connectivity index is 2.01. The first kappa shape index (κ1) is 16.7. The molecule has 4 heteroatoms. The van der Waals surface area contributed by atoms with Gasteiger partial charge >= 0.3 is 0 Å². The topological polar surface area (TPSA) is 42.4 Å². The quantitative estimate of drug-likeness (QED) is 0.775. The van der Waals surface area contributed by atoms with E-state index in [1.165, 1.54) is 0 Å². The molecule has 0 unspecified atom stereocenters. The van der Waals surface area contributed by atoms with Crippen LogP contribution in [0.15, 0.2) is 54.7 Å². The van der Waals surface area contributed by atoms with Crippen molar-refractivity contribution in [3.05, 3.63) is 66.0 Å². The van der Waals surface area contributed by atoms with Crippen LogP contribution in [-0.4, -0.2) is 28.9 Å². The monoisotopic (exact) mass is 324 g/mol. The average molecular weight is 324 g/mol. The Labute approximate surface area is 143 Å². The summed E-state index contributed by atoms with van der Waals surface area (Å²) in [7, 11) is 0. The van der Waals surface area contributed by atoms with Gasteiger partial charge in [-0.05, 0) is 30.5 Å². The van der Waals surface area contributed by atoms with Gasteiger partial charge in [-0.1, -0.05) is 43.3 Å². The van der Waals surface area contributed by atoms with E-state index < -0.39 is 0 Å². The van der Waals surface area contributed by atoms with E-state index in [-0.39, 0.29) is 18.1 Å². The van der Waals surface area contributed by atoms with Crippen molar-refractivity contribution in [3.63, 3.8) is 0 Å². The van der Waals surface area contributed by atoms with Gasteiger partial charge in [0, 0.05) is 25.8 Å². The molecule has 1 aromatic carbocycles. The van der Waals surface area contributed by atoms with Crippen molar-refractivity contribution < 1.29 is 9.53 Å². The first-order valence-corrected chi connectivity index (χ1v) is 8.68. The number of pyridine rings is 1. The molecule has 1 aliphatic rings. The van der Waals surface area contributed by atoms with Crippen molar-refractivity contribution in [2.75, 3.05) is 13.2 Å². The third kappa shape index (κ3) is 3.65. The van der Waals surface area contributed by atoms with Crippen molar-refractivity contribution >= 4 is 5.91 Å². The highest BCUT2D eigenvalue weighted by Crippen LogP contribution is 2.38. The van der Waals surface area contributed by atoms with E-state index in [4.69, 9.17) is 4.74 Å². The van der Waals surface area contributed by atoms with E-state index in [0.717, 1.165) is 30.6 Å². The van der Waals surface area contributed by atoms with Crippen LogP contribution in [0.2, 0.25) is 0 Å². The number of benzene rings is 1. The van der Waals surface area contributed by atoms with Gasteiger partial charge in [0.25, 0.3) is 0 Å². The maximum atomic E-state index is 12.4. The molecule has 24 heavy (non-hydrogen) atoms. The maximum Gasteiger partial charge on any atom is 0.223 e. The number of nitrogens with zero attached hydrogens (tertiary/aromatic N) is 2. The molecule has 0 aliphatic carbocycles. The molecular weight excluding hydrogens is 300 g/mol. The van der Waals surface area contributed by atoms with Crippen LogP contribution in [0.1, 0.15) is 49.6 Å². The van der Waals surface area contributed by atoms with Crippen molar-refractivity contribution in [2.45, 2.75) is 38.3 Å². The molecule has 2 aromatic rings. The molecule has 0 bridgehead atoms. The van der Waals surface area contributed by atoms with E-state index in [9.17, 15) is 4.79 Å². The molecule has 0 spiro atoms. The maximum absolute atomic E-state index is 12.4. The highest BCUT2D eigenvalue weighted by molar-refractivity contribution is 5.78. The predicted octanol–water partition coefficient (Wildman–Crippen LogP) is 3.91. The number of hydrogen-bond donors (Lipinski definition) is 0. The van der Waals surface area contributed by atoms with Crippen LogP contribution >= 0.6 is 0 Å². The summed E-state index contributed by atoms with van der Waals surface area (Å²) in [5.41, 5.74) is 1.97. The minimum absolute atomic E-state index is 0.185. The third-order valence-electron chi connectivity index (χ3n) is 4.35. The van der Waals surface area contributed by atoms with Crippen molar-refractivity contribution in [1.82, 2.24) is 9.88 Å². The lowest BCUT2D eigenvalue weighted by molar-refractivity contribution is -0.133. The number of aromatic nitrogens is 1. The molecule has 1 aromatic heterocycles. The van der Waals surface area contributed by atoms with Crippen LogP contribution in [-0.2, 0) is 9.53 Å². The van der Waals surface area contributed by atoms with Gasteiger partial charge in [-0.3, -0.25) is 9.78 Å². The van der Waals surface area contributed by atoms with Crippen LogP contribution in [0.5, 0.6) is 0 Å². The summed E-state index contributed by atoms with van der Waals surface area (Å²) in [5.74, 6) is 0.187. The Morgan fingerprint density at radius 3 is 2.58 bits per heavy atom. The molecule has 1 amide bonds. The number of amides is 1. The van der Waals surface area contributed by atoms with E-state index >= 15 is 0 Å². The summed E-state index contributed by atoms with van der Waals surface area (Å²) in [6, 6.07) is 15.8. The first-order valence-electron chi connectivity index (χ1n) is 8.68. The Morgan fingerprint density at radius 1 is 1.17 bits per heavy atom. The van der Waals surface area contributed by atoms with Crippen LogP contribution in [0.4, 0.5) is 0 Å². The molecule has 1 aliphatic heterocycles. The molecule has 126 valence electrons. The molecule has 1 fully saturated rings. The van der Waals surface area contributed by atoms with Gasteiger partial charge in [0.2, 0.25) is 5.91 Å². The summed E-state index contributed by atoms with van der Waals surface area (Å²) >= 11 is 0. The fourth-order valence-corrected chi connectivity index (χ4v) is 3.25. The fraction of sp³-hybridized carbons (Fsp3) is 0.400. The smallest absolute Gasteiger partial charge is 0.223 e. The zero-order chi connectivity index (χ0) is 16.8. The largest absolute Gasteiger partial charge is 0.371 e. The van der Waals surface area contributed by atoms with E-state index in [2.05, 4.69) is 24.0 Å². The summed E-state index contributed by atoms with van der Waals surface area (Å²) in [6.45, 7) is 3.52. The van der Waals surface area contributed by atoms with Gasteiger partial charge in [-0.15, -0.1) is 0 Å². The van der Waals surface area contributed by atoms with Gasteiger partial charge in [-0.25, -0.2) is 0 Å². The van der Waals surface area contributed by atoms with Crippen molar-refractivity contribution in [3.8, 4) is 0 Å². The third-order valence-corrected chi connectivity index (χ3v) is 4.35. The number of hydrogen-bond acceptors (Lipinski definition) is 3. The van der Waals surface area contributed by atoms with Gasteiger partial charge < -0.3 is 9.64 Å². The normalized spacial score (nSPS) is 17.0. The number of ether oxygens (including phenoxy) is 1. The Hall–Kier alpha value is -2.20. The minimum atomic E-state index is -0.205. The summed E-state index contributed by atoms with van der Waals surface area (Å²) in [6.07, 6.45) is 4.02. The van der Waals surface area contributed by atoms with Gasteiger partial charge in [0.1, 0.15) is 12.1 Å². The second-order valence-corrected chi connectivity index (χ2v) is 6.09. The molecule has 4 nitrogen and oxygen atoms in total. The number of carbonyl (C=O) groups excluding carboxylic acids is 1. The summed E-state index contributed by atoms with van der Waals surface area (Å²) < 4.78 is 6.22. The Bertz CT molecular complexity index is 645. The second-order valence-electron chi connectivity index (χ2n) is 6.09. The van der Waals surface area contributed by atoms with E-state index in [1.807, 2.05) is 41.3 Å². The highest BCUT2D eigenvalue weighted by atomic mass is 16.5. The number of carbonyl (C=O) groups is 1. The Morgan fingerprint density at radius 2 is 1.96 bits per heavy atom. The second kappa shape index (κ2) is 8.06. The van der Waals surface area contributed by atoms with Crippen LogP contribution in [0, 0.1) is 0 Å². The van der Waals surface area contributed by atoms with Crippen LogP contribution in [0.25, 0.3) is 0 Å². The first-order chi connectivity index (χ1) is 11.8. The van der Waals surface area contributed by atoms with Gasteiger partial charge in [-0.2, -0.15) is 0 Å². The summed E-state index contributed by atoms with van der Waals surface area (Å²) in [5, 5.41) is 0. The molecule has 0 N–H and O–H groups in total. The van der Waals surface area contributed by atoms with E-state index in [0.29, 0.717) is 13.0 Å². The van der Waals surface area contributed by atoms with Crippen molar-refractivity contribution in [2.24, 2.45) is 0 Å². The molecule has 2 heterocycles. The van der Waals surface area contributed by atoms with Crippen LogP contribution in [0.3, 0.4) is 0 Å². The lowest BCUT2D eigenvalue weighted by Gasteiger charge is -2.34. The SMILES string of the molecule is CCCO[C@@H](c1ccccc1)[C@@H](c1ccccn1)N1CCCC1=O. The molecule has 0 saturated carbocycles. The zero-order valence-corrected chi connectivity index (χ0v) is 14.1. The lowest BCUT2D eigenvalue weighted by Crippen LogP contribution is -2.35. The van der Waals surface area contributed by atoms with E-state index in [1.54, 1.807) is 6.20 Å². The highest BCUT2D eigenvalue weighted by Gasteiger charge is 2.36. The number of likely N-dealkylation sites (tertiary alicyclic amines) is 1. The molecule has 0 radical (unpaired) electrons. The standard InChI is InChI=1S/C20H24N2O2/c1-2-15-24-20(16-9-4-3-5-10-16)19(17-11-6-7-13-21-17)22-14-8-12-18(22)23/h3-7,9-11,13,19-20H,2,8,12,14-15H2,1H3/t19-,20+/m1/s1. The lowest BCUT2D eigenvalue weighted by atomic mass is 9.97. The molecule has 2 atom stereocenters. The molecule has 1 saturated heterocycles. The van der Waals surface area contributed by atoms with Gasteiger partial charge in [0.05, 0.1) is 5.69 Å². The zero-order valence-electron chi connectivity index (χ0n) is 14.1. The van der Waals surface area contributed by atoms with Crippen LogP contribution < -0.4 is 0 Å². The van der Waals surface area contributed by atoms with Crippen molar-refractivity contribution in [1.29, 1.82) is 0 Å². The Kier molecular flexibility index (Phi) is 5.59. The predicted molar refractivity (Wildman–Crippen MR) is 93.4 cm³/mol. The number of rotatable bonds is 7. The minimum Gasteiger partial charge on any atom is -0.371 e. The fourth-order valence-electron chi connectivity index (χ4n) is 3.25. The van der Waals surface area contributed by atoms with Gasteiger partial charge in [0.15, 0.2) is 0 Å².